The molecule has 1 unspecified atom stereocenters. The lowest BCUT2D eigenvalue weighted by Gasteiger charge is -2.16. The van der Waals surface area contributed by atoms with Gasteiger partial charge in [-0.15, -0.1) is 0 Å². The summed E-state index contributed by atoms with van der Waals surface area (Å²) in [6.45, 7) is 2.23. The molecule has 1 atom stereocenters. The maximum Gasteiger partial charge on any atom is 0.0218 e. The first-order valence-corrected chi connectivity index (χ1v) is 3.78. The highest BCUT2D eigenvalue weighted by molar-refractivity contribution is 5.59. The highest BCUT2D eigenvalue weighted by atomic mass is 14.9. The van der Waals surface area contributed by atoms with Gasteiger partial charge in [0.25, 0.3) is 0 Å². The molecular weight excluding hydrogens is 136 g/mol. The molecule has 1 aliphatic heterocycles. The summed E-state index contributed by atoms with van der Waals surface area (Å²) < 4.78 is 0. The average Bonchev–Trinajstić information content (AvgIpc) is 2.44. The molecule has 3 rings (SSSR count). The van der Waals surface area contributed by atoms with Gasteiger partial charge in [-0.25, -0.2) is 0 Å². The van der Waals surface area contributed by atoms with E-state index in [4.69, 9.17) is 0 Å². The second-order valence-corrected chi connectivity index (χ2v) is 3.14. The van der Waals surface area contributed by atoms with Crippen molar-refractivity contribution in [3.05, 3.63) is 34.9 Å². The normalized spacial score (nSPS) is 30.5. The van der Waals surface area contributed by atoms with Crippen molar-refractivity contribution in [1.29, 1.82) is 0 Å². The Hall–Kier alpha value is -0.860. The zero-order valence-corrected chi connectivity index (χ0v) is 6.43. The highest BCUT2D eigenvalue weighted by Crippen LogP contribution is 2.40. The van der Waals surface area contributed by atoms with Crippen LogP contribution < -0.4 is 11.5 Å². The third-order valence-electron chi connectivity index (χ3n) is 2.61. The van der Waals surface area contributed by atoms with Gasteiger partial charge in [-0.3, -0.25) is 0 Å². The fourth-order valence-corrected chi connectivity index (χ4v) is 2.09. The van der Waals surface area contributed by atoms with Crippen LogP contribution >= 0.6 is 0 Å². The van der Waals surface area contributed by atoms with Gasteiger partial charge in [0.1, 0.15) is 0 Å². The van der Waals surface area contributed by atoms with Crippen LogP contribution in [0.3, 0.4) is 0 Å². The van der Waals surface area contributed by atoms with Crippen LogP contribution in [0.2, 0.25) is 0 Å². The number of hydrogen-bond acceptors (Lipinski definition) is 2. The lowest BCUT2D eigenvalue weighted by molar-refractivity contribution is 0.623. The molecule has 0 aromatic heterocycles. The summed E-state index contributed by atoms with van der Waals surface area (Å²) in [5.74, 6) is 0.726. The molecule has 0 saturated heterocycles. The van der Waals surface area contributed by atoms with Gasteiger partial charge in [0.15, 0.2) is 0 Å². The Kier molecular flexibility index (Phi) is 1.28. The third kappa shape index (κ3) is 0.682. The SMILES string of the molecule is C1=CC2=C3C=C1C2CNC3.N. The van der Waals surface area contributed by atoms with E-state index in [-0.39, 0.29) is 6.15 Å². The molecule has 3 aliphatic rings. The number of hydrogen-bond donors (Lipinski definition) is 2. The monoisotopic (exact) mass is 148 g/mol. The van der Waals surface area contributed by atoms with Crippen molar-refractivity contribution in [2.24, 2.45) is 5.92 Å². The summed E-state index contributed by atoms with van der Waals surface area (Å²) >= 11 is 0. The maximum atomic E-state index is 3.40. The predicted octanol–water partition coefficient (Wildman–Crippen LogP) is 1.17. The summed E-state index contributed by atoms with van der Waals surface area (Å²) in [7, 11) is 0. The summed E-state index contributed by atoms with van der Waals surface area (Å²) in [4.78, 5) is 0. The van der Waals surface area contributed by atoms with Gasteiger partial charge in [-0.1, -0.05) is 18.2 Å². The Morgan fingerprint density at radius 1 is 1.36 bits per heavy atom. The Labute approximate surface area is 66.3 Å². The van der Waals surface area contributed by atoms with Gasteiger partial charge in [0.2, 0.25) is 0 Å². The van der Waals surface area contributed by atoms with Crippen molar-refractivity contribution in [2.45, 2.75) is 0 Å². The molecule has 0 saturated carbocycles. The van der Waals surface area contributed by atoms with Crippen molar-refractivity contribution in [3.8, 4) is 0 Å². The van der Waals surface area contributed by atoms with E-state index in [1.165, 1.54) is 11.1 Å². The van der Waals surface area contributed by atoms with Gasteiger partial charge in [-0.2, -0.15) is 0 Å². The fraction of sp³-hybridized carbons (Fsp3) is 0.333. The first kappa shape index (κ1) is 6.83. The molecule has 0 fully saturated rings. The predicted molar refractivity (Wildman–Crippen MR) is 45.6 cm³/mol. The van der Waals surface area contributed by atoms with Gasteiger partial charge < -0.3 is 11.5 Å². The maximum absolute atomic E-state index is 3.40. The topological polar surface area (TPSA) is 47.0 Å². The fourth-order valence-electron chi connectivity index (χ4n) is 2.09. The molecule has 1 heterocycles. The molecule has 11 heavy (non-hydrogen) atoms. The van der Waals surface area contributed by atoms with Crippen LogP contribution in [0.15, 0.2) is 34.9 Å². The van der Waals surface area contributed by atoms with E-state index in [1.807, 2.05) is 0 Å². The molecule has 0 spiro atoms. The van der Waals surface area contributed by atoms with Crippen molar-refractivity contribution < 1.29 is 0 Å². The van der Waals surface area contributed by atoms with Crippen LogP contribution in [0.25, 0.3) is 0 Å². The minimum Gasteiger partial charge on any atom is -0.344 e. The van der Waals surface area contributed by atoms with Crippen LogP contribution in [-0.4, -0.2) is 13.1 Å². The van der Waals surface area contributed by atoms with E-state index in [1.54, 1.807) is 5.57 Å². The van der Waals surface area contributed by atoms with E-state index >= 15 is 0 Å². The summed E-state index contributed by atoms with van der Waals surface area (Å²) in [5.41, 5.74) is 4.62. The Balaban J connectivity index is 0.000000480. The van der Waals surface area contributed by atoms with Crippen molar-refractivity contribution in [1.82, 2.24) is 11.5 Å². The third-order valence-corrected chi connectivity index (χ3v) is 2.61. The van der Waals surface area contributed by atoms with Crippen LogP contribution in [-0.2, 0) is 0 Å². The lowest BCUT2D eigenvalue weighted by Crippen LogP contribution is -2.27. The van der Waals surface area contributed by atoms with Gasteiger partial charge in [-0.05, 0) is 16.7 Å². The molecule has 2 nitrogen and oxygen atoms in total. The summed E-state index contributed by atoms with van der Waals surface area (Å²) in [6, 6.07) is 0. The van der Waals surface area contributed by atoms with Gasteiger partial charge >= 0.3 is 0 Å². The minimum absolute atomic E-state index is 0. The quantitative estimate of drug-likeness (QED) is 0.541. The van der Waals surface area contributed by atoms with E-state index in [2.05, 4.69) is 23.5 Å². The molecule has 0 amide bonds. The summed E-state index contributed by atoms with van der Waals surface area (Å²) in [6.07, 6.45) is 6.85. The first-order valence-electron chi connectivity index (χ1n) is 3.78. The number of rotatable bonds is 0. The molecule has 0 aromatic rings. The van der Waals surface area contributed by atoms with E-state index in [0.29, 0.717) is 0 Å². The average molecular weight is 148 g/mol. The van der Waals surface area contributed by atoms with Crippen LogP contribution in [0.5, 0.6) is 0 Å². The second-order valence-electron chi connectivity index (χ2n) is 3.14. The zero-order valence-electron chi connectivity index (χ0n) is 6.43. The first-order chi connectivity index (χ1) is 4.95. The minimum atomic E-state index is 0. The molecule has 2 heteroatoms. The van der Waals surface area contributed by atoms with Crippen LogP contribution in [0, 0.1) is 5.92 Å². The van der Waals surface area contributed by atoms with E-state index in [0.717, 1.165) is 19.0 Å². The Morgan fingerprint density at radius 2 is 2.27 bits per heavy atom. The van der Waals surface area contributed by atoms with Crippen molar-refractivity contribution in [3.63, 3.8) is 0 Å². The molecule has 2 aliphatic carbocycles. The number of nitrogens with one attached hydrogen (secondary N) is 1. The van der Waals surface area contributed by atoms with Gasteiger partial charge in [0, 0.05) is 19.0 Å². The standard InChI is InChI=1S/C9H9N.H3N/c1-2-8-7-3-6(1)9(8)5-10-4-7;/h1-3,9-10H,4-5H2;1H3. The largest absolute Gasteiger partial charge is 0.344 e. The molecule has 0 aromatic carbocycles. The molecule has 0 radical (unpaired) electrons. The van der Waals surface area contributed by atoms with Crippen molar-refractivity contribution in [2.75, 3.05) is 13.1 Å². The van der Waals surface area contributed by atoms with Gasteiger partial charge in [0.05, 0.1) is 0 Å². The Bertz CT molecular complexity index is 284. The molecular formula is C9H12N2. The van der Waals surface area contributed by atoms with Crippen molar-refractivity contribution >= 4 is 0 Å². The smallest absolute Gasteiger partial charge is 0.0218 e. The molecule has 4 bridgehead atoms. The number of allylic oxidation sites excluding steroid dienone is 2. The second kappa shape index (κ2) is 2.06. The zero-order chi connectivity index (χ0) is 6.55. The molecule has 4 N–H and O–H groups in total. The van der Waals surface area contributed by atoms with E-state index in [9.17, 15) is 0 Å². The van der Waals surface area contributed by atoms with Crippen LogP contribution in [0.1, 0.15) is 0 Å². The highest BCUT2D eigenvalue weighted by Gasteiger charge is 2.31. The summed E-state index contributed by atoms with van der Waals surface area (Å²) in [5, 5.41) is 3.40. The Morgan fingerprint density at radius 3 is 3.00 bits per heavy atom. The molecule has 58 valence electrons. The van der Waals surface area contributed by atoms with Crippen LogP contribution in [0.4, 0.5) is 0 Å². The van der Waals surface area contributed by atoms with E-state index < -0.39 is 0 Å². The lowest BCUT2D eigenvalue weighted by atomic mass is 9.99.